The molecule has 76 valence electrons. The molecule has 0 bridgehead atoms. The Hall–Kier alpha value is -1.61. The lowest BCUT2D eigenvalue weighted by atomic mass is 10.1. The maximum absolute atomic E-state index is 9.45. The summed E-state index contributed by atoms with van der Waals surface area (Å²) in [4.78, 5) is 0. The van der Waals surface area contributed by atoms with Crippen molar-refractivity contribution < 1.29 is 5.11 Å². The van der Waals surface area contributed by atoms with E-state index in [4.69, 9.17) is 11.6 Å². The third-order valence-corrected chi connectivity index (χ3v) is 2.49. The van der Waals surface area contributed by atoms with Crippen molar-refractivity contribution in [3.05, 3.63) is 52.7 Å². The second kappa shape index (κ2) is 4.28. The van der Waals surface area contributed by atoms with Gasteiger partial charge in [-0.05, 0) is 17.7 Å². The van der Waals surface area contributed by atoms with Gasteiger partial charge in [0.05, 0.1) is 6.20 Å². The second-order valence-electron chi connectivity index (χ2n) is 3.15. The first kappa shape index (κ1) is 9.93. The van der Waals surface area contributed by atoms with Gasteiger partial charge >= 0.3 is 0 Å². The first-order chi connectivity index (χ1) is 7.27. The Morgan fingerprint density at radius 2 is 1.93 bits per heavy atom. The number of benzene rings is 1. The van der Waals surface area contributed by atoms with Gasteiger partial charge in [0.25, 0.3) is 0 Å². The average Bonchev–Trinajstić information content (AvgIpc) is 2.24. The van der Waals surface area contributed by atoms with Crippen molar-refractivity contribution in [3.63, 3.8) is 0 Å². The molecule has 1 aromatic carbocycles. The molecular weight excluding hydrogens is 212 g/mol. The van der Waals surface area contributed by atoms with Crippen molar-refractivity contribution in [2.24, 2.45) is 0 Å². The third kappa shape index (κ3) is 2.25. The Morgan fingerprint density at radius 3 is 2.67 bits per heavy atom. The van der Waals surface area contributed by atoms with Crippen LogP contribution in [0.5, 0.6) is 5.88 Å². The van der Waals surface area contributed by atoms with Gasteiger partial charge in [-0.15, -0.1) is 5.10 Å². The van der Waals surface area contributed by atoms with Crippen molar-refractivity contribution in [2.45, 2.75) is 6.42 Å². The van der Waals surface area contributed by atoms with Crippen LogP contribution in [0.25, 0.3) is 0 Å². The predicted molar refractivity (Wildman–Crippen MR) is 58.0 cm³/mol. The van der Waals surface area contributed by atoms with Crippen molar-refractivity contribution in [2.75, 3.05) is 0 Å². The van der Waals surface area contributed by atoms with Crippen molar-refractivity contribution in [1.82, 2.24) is 10.2 Å². The third-order valence-electron chi connectivity index (χ3n) is 2.12. The van der Waals surface area contributed by atoms with Crippen molar-refractivity contribution in [3.8, 4) is 5.88 Å². The van der Waals surface area contributed by atoms with Gasteiger partial charge in [-0.1, -0.05) is 29.8 Å². The van der Waals surface area contributed by atoms with Gasteiger partial charge < -0.3 is 5.11 Å². The van der Waals surface area contributed by atoms with Crippen LogP contribution in [0.15, 0.2) is 36.5 Å². The van der Waals surface area contributed by atoms with Gasteiger partial charge in [-0.3, -0.25) is 0 Å². The zero-order valence-electron chi connectivity index (χ0n) is 7.89. The quantitative estimate of drug-likeness (QED) is 0.846. The number of hydrogen-bond donors (Lipinski definition) is 1. The van der Waals surface area contributed by atoms with Gasteiger partial charge in [-0.25, -0.2) is 0 Å². The van der Waals surface area contributed by atoms with E-state index in [9.17, 15) is 5.11 Å². The fraction of sp³-hybridized carbons (Fsp3) is 0.0909. The minimum Gasteiger partial charge on any atom is -0.492 e. The Morgan fingerprint density at radius 1 is 1.13 bits per heavy atom. The van der Waals surface area contributed by atoms with E-state index >= 15 is 0 Å². The summed E-state index contributed by atoms with van der Waals surface area (Å²) in [6, 6.07) is 9.25. The molecule has 4 heteroatoms. The lowest BCUT2D eigenvalue weighted by Crippen LogP contribution is -1.92. The van der Waals surface area contributed by atoms with Crippen molar-refractivity contribution >= 4 is 11.6 Å². The molecule has 0 aliphatic carbocycles. The van der Waals surface area contributed by atoms with E-state index in [1.165, 1.54) is 0 Å². The highest BCUT2D eigenvalue weighted by molar-refractivity contribution is 6.31. The Bertz CT molecular complexity index is 430. The average molecular weight is 221 g/mol. The molecule has 0 amide bonds. The minimum absolute atomic E-state index is 0.0441. The normalized spacial score (nSPS) is 10.2. The smallest absolute Gasteiger partial charge is 0.234 e. The van der Waals surface area contributed by atoms with E-state index in [0.717, 1.165) is 11.1 Å². The van der Waals surface area contributed by atoms with Crippen LogP contribution < -0.4 is 0 Å². The van der Waals surface area contributed by atoms with Gasteiger partial charge in [0.2, 0.25) is 5.88 Å². The summed E-state index contributed by atoms with van der Waals surface area (Å²) in [5.41, 5.74) is 1.68. The van der Waals surface area contributed by atoms with Gasteiger partial charge in [0.1, 0.15) is 0 Å². The molecule has 0 saturated heterocycles. The van der Waals surface area contributed by atoms with Crippen LogP contribution >= 0.6 is 11.6 Å². The number of aromatic hydroxyl groups is 1. The molecule has 0 aliphatic heterocycles. The molecule has 0 aliphatic rings. The van der Waals surface area contributed by atoms with Crippen LogP contribution in [0.4, 0.5) is 0 Å². The molecular formula is C11H9ClN2O. The number of hydrogen-bond acceptors (Lipinski definition) is 3. The SMILES string of the molecule is Oc1nnccc1Cc1ccccc1Cl. The molecule has 2 rings (SSSR count). The van der Waals surface area contributed by atoms with E-state index in [1.807, 2.05) is 24.3 Å². The summed E-state index contributed by atoms with van der Waals surface area (Å²) in [5, 5.41) is 17.3. The van der Waals surface area contributed by atoms with Crippen LogP contribution in [0.2, 0.25) is 5.02 Å². The second-order valence-corrected chi connectivity index (χ2v) is 3.56. The van der Waals surface area contributed by atoms with Crippen LogP contribution in [0.1, 0.15) is 11.1 Å². The largest absolute Gasteiger partial charge is 0.492 e. The summed E-state index contributed by atoms with van der Waals surface area (Å²) in [7, 11) is 0. The predicted octanol–water partition coefficient (Wildman–Crippen LogP) is 2.43. The maximum atomic E-state index is 9.45. The summed E-state index contributed by atoms with van der Waals surface area (Å²) in [6.07, 6.45) is 2.10. The van der Waals surface area contributed by atoms with E-state index in [1.54, 1.807) is 12.3 Å². The standard InChI is InChI=1S/C11H9ClN2O/c12-10-4-2-1-3-8(10)7-9-5-6-13-14-11(9)15/h1-6H,7H2,(H,14,15). The summed E-state index contributed by atoms with van der Waals surface area (Å²) < 4.78 is 0. The number of rotatable bonds is 2. The molecule has 0 unspecified atom stereocenters. The number of aromatic nitrogens is 2. The lowest BCUT2D eigenvalue weighted by Gasteiger charge is -2.04. The minimum atomic E-state index is -0.0441. The van der Waals surface area contributed by atoms with Crippen LogP contribution in [0.3, 0.4) is 0 Å². The van der Waals surface area contributed by atoms with Gasteiger partial charge in [0.15, 0.2) is 0 Å². The zero-order chi connectivity index (χ0) is 10.7. The van der Waals surface area contributed by atoms with E-state index < -0.39 is 0 Å². The van der Waals surface area contributed by atoms with Crippen LogP contribution in [-0.4, -0.2) is 15.3 Å². The first-order valence-corrected chi connectivity index (χ1v) is 4.88. The summed E-state index contributed by atoms with van der Waals surface area (Å²) >= 11 is 6.01. The van der Waals surface area contributed by atoms with Gasteiger partial charge in [0, 0.05) is 17.0 Å². The summed E-state index contributed by atoms with van der Waals surface area (Å²) in [5.74, 6) is -0.0441. The lowest BCUT2D eigenvalue weighted by molar-refractivity contribution is 0.439. The topological polar surface area (TPSA) is 46.0 Å². The molecule has 0 spiro atoms. The fourth-order valence-electron chi connectivity index (χ4n) is 1.34. The van der Waals surface area contributed by atoms with Gasteiger partial charge in [-0.2, -0.15) is 5.10 Å². The highest BCUT2D eigenvalue weighted by atomic mass is 35.5. The first-order valence-electron chi connectivity index (χ1n) is 4.50. The van der Waals surface area contributed by atoms with Crippen molar-refractivity contribution in [1.29, 1.82) is 0 Å². The van der Waals surface area contributed by atoms with Crippen LogP contribution in [0, 0.1) is 0 Å². The Kier molecular flexibility index (Phi) is 2.83. The molecule has 0 atom stereocenters. The number of nitrogens with zero attached hydrogens (tertiary/aromatic N) is 2. The molecule has 1 aromatic heterocycles. The molecule has 15 heavy (non-hydrogen) atoms. The molecule has 1 N–H and O–H groups in total. The van der Waals surface area contributed by atoms with E-state index in [-0.39, 0.29) is 5.88 Å². The fourth-order valence-corrected chi connectivity index (χ4v) is 1.54. The number of halogens is 1. The molecule has 3 nitrogen and oxygen atoms in total. The van der Waals surface area contributed by atoms with E-state index in [2.05, 4.69) is 10.2 Å². The Labute approximate surface area is 92.4 Å². The molecule has 0 saturated carbocycles. The maximum Gasteiger partial charge on any atom is 0.234 e. The molecule has 0 radical (unpaired) electrons. The Balaban J connectivity index is 2.30. The highest BCUT2D eigenvalue weighted by Crippen LogP contribution is 2.21. The van der Waals surface area contributed by atoms with Crippen LogP contribution in [-0.2, 0) is 6.42 Å². The molecule has 1 heterocycles. The highest BCUT2D eigenvalue weighted by Gasteiger charge is 2.05. The summed E-state index contributed by atoms with van der Waals surface area (Å²) in [6.45, 7) is 0. The van der Waals surface area contributed by atoms with E-state index in [0.29, 0.717) is 11.4 Å². The molecule has 0 fully saturated rings. The monoisotopic (exact) mass is 220 g/mol. The molecule has 2 aromatic rings. The zero-order valence-corrected chi connectivity index (χ0v) is 8.65.